The molecule has 0 nitrogen and oxygen atoms in total. The smallest absolute Gasteiger partial charge is 0.0443 e. The molecule has 0 radical (unpaired) electrons. The van der Waals surface area contributed by atoms with Crippen LogP contribution in [0, 0.1) is 11.8 Å². The molecule has 2 atom stereocenters. The maximum Gasteiger partial charge on any atom is -0.0443 e. The van der Waals surface area contributed by atoms with Crippen LogP contribution in [-0.2, 0) is 0 Å². The van der Waals surface area contributed by atoms with Crippen LogP contribution in [0.4, 0.5) is 0 Å². The summed E-state index contributed by atoms with van der Waals surface area (Å²) in [4.78, 5) is 0. The predicted molar refractivity (Wildman–Crippen MR) is 105 cm³/mol. The van der Waals surface area contributed by atoms with Gasteiger partial charge in [0.25, 0.3) is 0 Å². The van der Waals surface area contributed by atoms with Gasteiger partial charge in [-0.15, -0.1) is 0 Å². The Kier molecular flexibility index (Phi) is 113. The van der Waals surface area contributed by atoms with Gasteiger partial charge in [0.2, 0.25) is 0 Å². The highest BCUT2D eigenvalue weighted by atomic mass is 14.1. The van der Waals surface area contributed by atoms with Gasteiger partial charge in [0.1, 0.15) is 0 Å². The summed E-state index contributed by atoms with van der Waals surface area (Å²) in [5.74, 6) is 1.86. The van der Waals surface area contributed by atoms with Crippen LogP contribution in [0.3, 0.4) is 0 Å². The molecule has 0 rings (SSSR count). The fourth-order valence-electron chi connectivity index (χ4n) is 1.02. The number of hydrogen-bond donors (Lipinski definition) is 0. The van der Waals surface area contributed by atoms with Gasteiger partial charge < -0.3 is 0 Å². The van der Waals surface area contributed by atoms with Crippen LogP contribution in [0.15, 0.2) is 0 Å². The maximum atomic E-state index is 2.34. The summed E-state index contributed by atoms with van der Waals surface area (Å²) < 4.78 is 0. The summed E-state index contributed by atoms with van der Waals surface area (Å²) in [7, 11) is 0. The quantitative estimate of drug-likeness (QED) is 0.485. The highest BCUT2D eigenvalue weighted by molar-refractivity contribution is 4.55. The van der Waals surface area contributed by atoms with Crippen LogP contribution in [0.25, 0.3) is 0 Å². The molecule has 0 aliphatic rings. The van der Waals surface area contributed by atoms with E-state index in [1.807, 2.05) is 55.4 Å². The molecule has 132 valence electrons. The van der Waals surface area contributed by atoms with E-state index in [0.29, 0.717) is 0 Å². The van der Waals surface area contributed by atoms with Crippen molar-refractivity contribution < 1.29 is 0 Å². The third-order valence-electron chi connectivity index (χ3n) is 2.20. The first-order chi connectivity index (χ1) is 9.62. The Morgan fingerprint density at radius 3 is 0.750 bits per heavy atom. The minimum absolute atomic E-state index is 0.931. The first kappa shape index (κ1) is 36.8. The average Bonchev–Trinajstić information content (AvgIpc) is 2.55. The average molecular weight is 293 g/mol. The second-order valence-corrected chi connectivity index (χ2v) is 3.97. The molecule has 0 aliphatic heterocycles. The van der Waals surface area contributed by atoms with E-state index in [0.717, 1.165) is 11.8 Å². The van der Waals surface area contributed by atoms with E-state index in [2.05, 4.69) is 41.5 Å². The van der Waals surface area contributed by atoms with Gasteiger partial charge in [0.15, 0.2) is 0 Å². The van der Waals surface area contributed by atoms with Crippen LogP contribution in [0.5, 0.6) is 0 Å². The molecule has 0 aromatic carbocycles. The van der Waals surface area contributed by atoms with E-state index in [9.17, 15) is 0 Å². The zero-order valence-electron chi connectivity index (χ0n) is 18.0. The fraction of sp³-hybridized carbons (Fsp3) is 1.00. The molecule has 0 bridgehead atoms. The summed E-state index contributed by atoms with van der Waals surface area (Å²) in [5.41, 5.74) is 0. The van der Waals surface area contributed by atoms with E-state index in [4.69, 9.17) is 0 Å². The van der Waals surface area contributed by atoms with Crippen LogP contribution >= 0.6 is 0 Å². The van der Waals surface area contributed by atoms with Crippen LogP contribution in [-0.4, -0.2) is 0 Å². The Labute approximate surface area is 135 Å². The van der Waals surface area contributed by atoms with E-state index >= 15 is 0 Å². The lowest BCUT2D eigenvalue weighted by Gasteiger charge is -2.12. The summed E-state index contributed by atoms with van der Waals surface area (Å²) >= 11 is 0. The molecule has 2 unspecified atom stereocenters. The molecule has 0 aliphatic carbocycles. The van der Waals surface area contributed by atoms with Crippen molar-refractivity contribution in [1.82, 2.24) is 0 Å². The zero-order chi connectivity index (χ0) is 18.0. The van der Waals surface area contributed by atoms with Crippen molar-refractivity contribution in [3.8, 4) is 0 Å². The van der Waals surface area contributed by atoms with Crippen molar-refractivity contribution in [2.45, 2.75) is 123 Å². The Bertz CT molecular complexity index is 58.4. The van der Waals surface area contributed by atoms with Crippen LogP contribution < -0.4 is 0 Å². The molecule has 0 amide bonds. The molecule has 20 heavy (non-hydrogen) atoms. The molecule has 0 heterocycles. The van der Waals surface area contributed by atoms with Crippen molar-refractivity contribution in [2.24, 2.45) is 11.8 Å². The summed E-state index contributed by atoms with van der Waals surface area (Å²) in [6.45, 7) is 29.5. The molecule has 0 fully saturated rings. The normalized spacial score (nSPS) is 9.90. The lowest BCUT2D eigenvalue weighted by Crippen LogP contribution is -2.00. The molecule has 0 N–H and O–H groups in total. The third-order valence-corrected chi connectivity index (χ3v) is 2.20. The highest BCUT2D eigenvalue weighted by Crippen LogP contribution is 2.16. The van der Waals surface area contributed by atoms with Crippen molar-refractivity contribution in [3.05, 3.63) is 0 Å². The molecular formula is C20H52. The van der Waals surface area contributed by atoms with Crippen LogP contribution in [0.2, 0.25) is 0 Å². The van der Waals surface area contributed by atoms with Crippen molar-refractivity contribution in [2.75, 3.05) is 0 Å². The van der Waals surface area contributed by atoms with Gasteiger partial charge in [-0.05, 0) is 18.3 Å². The van der Waals surface area contributed by atoms with Gasteiger partial charge in [-0.25, -0.2) is 0 Å². The fourth-order valence-corrected chi connectivity index (χ4v) is 1.02. The predicted octanol–water partition coefficient (Wildman–Crippen LogP) is 8.99. The molecule has 0 aromatic heterocycles. The van der Waals surface area contributed by atoms with Gasteiger partial charge in [-0.1, -0.05) is 116 Å². The molecule has 0 aromatic rings. The Balaban J connectivity index is -0.0000000373. The van der Waals surface area contributed by atoms with Crippen molar-refractivity contribution in [3.63, 3.8) is 0 Å². The molecule has 0 spiro atoms. The van der Waals surface area contributed by atoms with Crippen molar-refractivity contribution >= 4 is 0 Å². The first-order valence-electron chi connectivity index (χ1n) is 9.62. The summed E-state index contributed by atoms with van der Waals surface area (Å²) in [5, 5.41) is 0. The maximum absolute atomic E-state index is 2.34. The minimum atomic E-state index is 0.931. The van der Waals surface area contributed by atoms with Gasteiger partial charge in [0.05, 0.1) is 0 Å². The van der Waals surface area contributed by atoms with E-state index in [-0.39, 0.29) is 0 Å². The van der Waals surface area contributed by atoms with E-state index in [1.165, 1.54) is 25.7 Å². The van der Waals surface area contributed by atoms with Gasteiger partial charge in [-0.3, -0.25) is 0 Å². The van der Waals surface area contributed by atoms with Gasteiger partial charge in [0, 0.05) is 0 Å². The molecule has 0 heteroatoms. The highest BCUT2D eigenvalue weighted by Gasteiger charge is 2.03. The topological polar surface area (TPSA) is 0 Å². The largest absolute Gasteiger partial charge is 0.0683 e. The molecule has 0 saturated heterocycles. The molecule has 0 saturated carbocycles. The number of hydrogen-bond acceptors (Lipinski definition) is 0. The number of rotatable bonds is 4. The summed E-state index contributed by atoms with van der Waals surface area (Å²) in [6.07, 6.45) is 5.34. The van der Waals surface area contributed by atoms with Crippen LogP contribution in [0.1, 0.15) is 123 Å². The second-order valence-electron chi connectivity index (χ2n) is 3.97. The second kappa shape index (κ2) is 61.6. The lowest BCUT2D eigenvalue weighted by atomic mass is 9.94. The minimum Gasteiger partial charge on any atom is -0.0683 e. The standard InChI is InChI=1S/C9H20.C3H8.4C2H6/c1-5-8(3)7-9(4)6-2;1-3-2;4*1-2/h8-9H,5-7H2,1-4H3;3H2,1-2H3;4*1-2H3. The van der Waals surface area contributed by atoms with Gasteiger partial charge >= 0.3 is 0 Å². The SMILES string of the molecule is CC.CC.CC.CC.CCC.CCC(C)CC(C)CC. The Morgan fingerprint density at radius 1 is 0.500 bits per heavy atom. The summed E-state index contributed by atoms with van der Waals surface area (Å²) in [6, 6.07) is 0. The Morgan fingerprint density at radius 2 is 0.650 bits per heavy atom. The lowest BCUT2D eigenvalue weighted by molar-refractivity contribution is 0.397. The van der Waals surface area contributed by atoms with Gasteiger partial charge in [-0.2, -0.15) is 0 Å². The molecular weight excluding hydrogens is 240 g/mol. The van der Waals surface area contributed by atoms with E-state index < -0.39 is 0 Å². The third kappa shape index (κ3) is 81.3. The van der Waals surface area contributed by atoms with E-state index in [1.54, 1.807) is 0 Å². The first-order valence-corrected chi connectivity index (χ1v) is 9.62. The zero-order valence-corrected chi connectivity index (χ0v) is 18.0. The van der Waals surface area contributed by atoms with Crippen molar-refractivity contribution in [1.29, 1.82) is 0 Å². The monoisotopic (exact) mass is 292 g/mol. The Hall–Kier alpha value is 0.